The van der Waals surface area contributed by atoms with Crippen molar-refractivity contribution >= 4 is 47.5 Å². The molecule has 18 nitrogen and oxygen atoms in total. The van der Waals surface area contributed by atoms with Crippen molar-refractivity contribution in [3.63, 3.8) is 0 Å². The molecule has 4 atom stereocenters. The number of nitrogens with one attached hydrogen (secondary N) is 3. The molecule has 0 fully saturated rings. The first-order chi connectivity index (χ1) is 17.6. The van der Waals surface area contributed by atoms with Crippen LogP contribution in [0.2, 0.25) is 0 Å². The number of rotatable bonds is 19. The minimum Gasteiger partial charge on any atom is -0.481 e. The van der Waals surface area contributed by atoms with Crippen LogP contribution in [0.3, 0.4) is 0 Å². The van der Waals surface area contributed by atoms with E-state index < -0.39 is 85.0 Å². The molecular formula is C20H34N8O10. The molecule has 214 valence electrons. The first-order valence-corrected chi connectivity index (χ1v) is 11.3. The van der Waals surface area contributed by atoms with Gasteiger partial charge in [0.1, 0.15) is 18.1 Å². The fourth-order valence-corrected chi connectivity index (χ4v) is 2.94. The number of guanidine groups is 1. The number of carbonyl (C=O) groups is 7. The maximum atomic E-state index is 13.0. The van der Waals surface area contributed by atoms with E-state index in [4.69, 9.17) is 38.3 Å². The van der Waals surface area contributed by atoms with Gasteiger partial charge in [0.2, 0.25) is 23.6 Å². The van der Waals surface area contributed by atoms with Crippen LogP contribution in [0.1, 0.15) is 44.9 Å². The van der Waals surface area contributed by atoms with Gasteiger partial charge >= 0.3 is 17.9 Å². The van der Waals surface area contributed by atoms with Crippen molar-refractivity contribution in [1.29, 1.82) is 0 Å². The molecule has 0 radical (unpaired) electrons. The Bertz CT molecular complexity index is 921. The highest BCUT2D eigenvalue weighted by Gasteiger charge is 2.31. The third-order valence-corrected chi connectivity index (χ3v) is 4.89. The van der Waals surface area contributed by atoms with Crippen LogP contribution in [-0.4, -0.2) is 93.5 Å². The van der Waals surface area contributed by atoms with Gasteiger partial charge in [0, 0.05) is 19.4 Å². The molecule has 0 heterocycles. The number of hydrogen-bond acceptors (Lipinski definition) is 9. The van der Waals surface area contributed by atoms with Gasteiger partial charge in [-0.25, -0.2) is 4.79 Å². The van der Waals surface area contributed by atoms with Crippen LogP contribution in [0.5, 0.6) is 0 Å². The number of aliphatic carboxylic acids is 3. The van der Waals surface area contributed by atoms with Gasteiger partial charge in [0.05, 0.1) is 12.5 Å². The van der Waals surface area contributed by atoms with Crippen molar-refractivity contribution < 1.29 is 48.9 Å². The highest BCUT2D eigenvalue weighted by Crippen LogP contribution is 2.06. The molecule has 0 saturated carbocycles. The summed E-state index contributed by atoms with van der Waals surface area (Å²) >= 11 is 0. The maximum Gasteiger partial charge on any atom is 0.326 e. The molecule has 0 aliphatic rings. The molecule has 0 spiro atoms. The fourth-order valence-electron chi connectivity index (χ4n) is 2.94. The van der Waals surface area contributed by atoms with E-state index in [1.54, 1.807) is 0 Å². The minimum absolute atomic E-state index is 0.0636. The average Bonchev–Trinajstić information content (AvgIpc) is 2.80. The molecule has 0 bridgehead atoms. The Morgan fingerprint density at radius 2 is 1.21 bits per heavy atom. The second-order valence-corrected chi connectivity index (χ2v) is 8.11. The van der Waals surface area contributed by atoms with Crippen LogP contribution in [0, 0.1) is 0 Å². The van der Waals surface area contributed by atoms with Gasteiger partial charge in [-0.15, -0.1) is 0 Å². The Morgan fingerprint density at radius 1 is 0.684 bits per heavy atom. The highest BCUT2D eigenvalue weighted by atomic mass is 16.4. The summed E-state index contributed by atoms with van der Waals surface area (Å²) in [6.45, 7) is 0.0636. The van der Waals surface area contributed by atoms with Gasteiger partial charge < -0.3 is 54.2 Å². The molecule has 0 aliphatic heterocycles. The lowest BCUT2D eigenvalue weighted by Gasteiger charge is -2.25. The van der Waals surface area contributed by atoms with Crippen LogP contribution in [0.25, 0.3) is 0 Å². The summed E-state index contributed by atoms with van der Waals surface area (Å²) < 4.78 is 0. The lowest BCUT2D eigenvalue weighted by atomic mass is 10.1. The average molecular weight is 547 g/mol. The third-order valence-electron chi connectivity index (χ3n) is 4.89. The number of hydrogen-bond donors (Lipinski definition) is 10. The molecule has 0 aromatic heterocycles. The first kappa shape index (κ1) is 33.5. The number of carboxylic acid groups (broad SMARTS) is 3. The monoisotopic (exact) mass is 546 g/mol. The largest absolute Gasteiger partial charge is 0.481 e. The van der Waals surface area contributed by atoms with Crippen molar-refractivity contribution in [2.45, 2.75) is 69.1 Å². The molecule has 0 aromatic rings. The molecule has 4 amide bonds. The van der Waals surface area contributed by atoms with Crippen molar-refractivity contribution in [3.05, 3.63) is 0 Å². The fraction of sp³-hybridized carbons (Fsp3) is 0.600. The smallest absolute Gasteiger partial charge is 0.326 e. The van der Waals surface area contributed by atoms with Gasteiger partial charge in [0.25, 0.3) is 0 Å². The Labute approximate surface area is 216 Å². The SMILES string of the molecule is NC(=O)CCC(NC(=O)C(CCCN=C(N)N)NC(=O)C(N)CCC(=O)O)C(=O)NC(CC(=O)O)C(=O)O. The number of nitrogens with two attached hydrogens (primary N) is 4. The molecular weight excluding hydrogens is 512 g/mol. The number of carbonyl (C=O) groups excluding carboxylic acids is 4. The molecule has 18 heteroatoms. The summed E-state index contributed by atoms with van der Waals surface area (Å²) in [7, 11) is 0. The molecule has 14 N–H and O–H groups in total. The van der Waals surface area contributed by atoms with Gasteiger partial charge in [0.15, 0.2) is 5.96 Å². The summed E-state index contributed by atoms with van der Waals surface area (Å²) in [5.74, 6) is -8.34. The lowest BCUT2D eigenvalue weighted by molar-refractivity contribution is -0.147. The minimum atomic E-state index is -1.84. The summed E-state index contributed by atoms with van der Waals surface area (Å²) in [6, 6.07) is -5.98. The molecule has 0 aromatic carbocycles. The van der Waals surface area contributed by atoms with E-state index in [1.165, 1.54) is 0 Å². The zero-order valence-corrected chi connectivity index (χ0v) is 20.4. The molecule has 38 heavy (non-hydrogen) atoms. The van der Waals surface area contributed by atoms with E-state index in [2.05, 4.69) is 15.6 Å². The number of aliphatic imine (C=N–C) groups is 1. The summed E-state index contributed by atoms with van der Waals surface area (Å²) in [6.07, 6.45) is -2.29. The van der Waals surface area contributed by atoms with E-state index in [0.29, 0.717) is 0 Å². The van der Waals surface area contributed by atoms with Gasteiger partial charge in [-0.1, -0.05) is 0 Å². The molecule has 0 saturated heterocycles. The highest BCUT2D eigenvalue weighted by molar-refractivity contribution is 5.95. The summed E-state index contributed by atoms with van der Waals surface area (Å²) in [5.41, 5.74) is 21.3. The second-order valence-electron chi connectivity index (χ2n) is 8.11. The number of carboxylic acids is 3. The van der Waals surface area contributed by atoms with Crippen molar-refractivity contribution in [1.82, 2.24) is 16.0 Å². The van der Waals surface area contributed by atoms with Crippen molar-refractivity contribution in [2.75, 3.05) is 6.54 Å². The zero-order chi connectivity index (χ0) is 29.4. The normalized spacial score (nSPS) is 13.6. The Kier molecular flexibility index (Phi) is 15.0. The van der Waals surface area contributed by atoms with E-state index >= 15 is 0 Å². The van der Waals surface area contributed by atoms with Gasteiger partial charge in [-0.3, -0.25) is 33.8 Å². The lowest BCUT2D eigenvalue weighted by Crippen LogP contribution is -2.57. The predicted molar refractivity (Wildman–Crippen MR) is 129 cm³/mol. The Morgan fingerprint density at radius 3 is 1.68 bits per heavy atom. The zero-order valence-electron chi connectivity index (χ0n) is 20.4. The number of amides is 4. The van der Waals surface area contributed by atoms with Crippen LogP contribution in [0.4, 0.5) is 0 Å². The summed E-state index contributed by atoms with van der Waals surface area (Å²) in [5, 5.41) is 33.4. The van der Waals surface area contributed by atoms with Gasteiger partial charge in [-0.05, 0) is 25.7 Å². The Hall–Kier alpha value is -4.48. The van der Waals surface area contributed by atoms with Crippen LogP contribution < -0.4 is 38.9 Å². The predicted octanol–water partition coefficient (Wildman–Crippen LogP) is -4.49. The van der Waals surface area contributed by atoms with E-state index in [9.17, 15) is 33.6 Å². The first-order valence-electron chi connectivity index (χ1n) is 11.3. The topological polar surface area (TPSA) is 333 Å². The van der Waals surface area contributed by atoms with E-state index in [0.717, 1.165) is 0 Å². The van der Waals surface area contributed by atoms with Gasteiger partial charge in [-0.2, -0.15) is 0 Å². The second kappa shape index (κ2) is 17.1. The van der Waals surface area contributed by atoms with E-state index in [-0.39, 0.29) is 38.2 Å². The third kappa shape index (κ3) is 14.8. The van der Waals surface area contributed by atoms with Crippen LogP contribution in [0.15, 0.2) is 4.99 Å². The molecule has 4 unspecified atom stereocenters. The Balaban J connectivity index is 5.71. The quantitative estimate of drug-likeness (QED) is 0.0415. The number of primary amides is 1. The standard InChI is InChI=1S/C20H34N8O10/c21-9(3-6-14(30)31)16(34)26-10(2-1-7-25-20(23)24)17(35)27-11(4-5-13(22)29)18(36)28-12(19(37)38)8-15(32)33/h9-12H,1-8,21H2,(H2,22,29)(H,26,34)(H,27,35)(H,28,36)(H,30,31)(H,32,33)(H,37,38)(H4,23,24,25). The number of nitrogens with zero attached hydrogens (tertiary/aromatic N) is 1. The molecule has 0 rings (SSSR count). The van der Waals surface area contributed by atoms with Crippen LogP contribution in [-0.2, 0) is 33.6 Å². The van der Waals surface area contributed by atoms with Crippen molar-refractivity contribution in [3.8, 4) is 0 Å². The maximum absolute atomic E-state index is 13.0. The molecule has 0 aliphatic carbocycles. The van der Waals surface area contributed by atoms with Crippen molar-refractivity contribution in [2.24, 2.45) is 27.9 Å². The van der Waals surface area contributed by atoms with E-state index in [1.807, 2.05) is 5.32 Å². The van der Waals surface area contributed by atoms with Crippen LogP contribution >= 0.6 is 0 Å². The summed E-state index contributed by atoms with van der Waals surface area (Å²) in [4.78, 5) is 86.0.